The minimum atomic E-state index is -4.89. The molecule has 0 unspecified atom stereocenters. The molecule has 0 aliphatic heterocycles. The van der Waals surface area contributed by atoms with Crippen molar-refractivity contribution in [3.8, 4) is 51.4 Å². The molecule has 0 fully saturated rings. The van der Waals surface area contributed by atoms with E-state index in [1.807, 2.05) is 44.4 Å². The number of rotatable bonds is 20. The van der Waals surface area contributed by atoms with E-state index >= 15 is 0 Å². The van der Waals surface area contributed by atoms with Gasteiger partial charge in [-0.3, -0.25) is 73.4 Å². The van der Waals surface area contributed by atoms with Crippen LogP contribution in [0.4, 0.5) is 69.7 Å². The molecule has 0 bridgehead atoms. The Balaban J connectivity index is 0.000000178. The van der Waals surface area contributed by atoms with Crippen LogP contribution in [0.1, 0.15) is 175 Å². The van der Waals surface area contributed by atoms with E-state index < -0.39 is 116 Å². The van der Waals surface area contributed by atoms with Crippen molar-refractivity contribution >= 4 is 75.7 Å². The van der Waals surface area contributed by atoms with E-state index in [1.165, 1.54) is 117 Å². The molecule has 150 heavy (non-hydrogen) atoms. The van der Waals surface area contributed by atoms with Crippen molar-refractivity contribution in [1.29, 1.82) is 0 Å². The van der Waals surface area contributed by atoms with E-state index in [1.54, 1.807) is 89.2 Å². The standard InChI is InChI=1S/C21H19F3N4O4.3C20H18F3N5O2.C20H20N4O4/c1-10-4-5-13(8-11(10)2)28-20(32)17(18(27-28)21(22,23)24)12(3)25-26-19(31)15-7-6-14(29)9-16(15)30;1-11(25-26-18(29)13-3-7-15(24)8-4-13)17-12(2)27-28(19(17)30)16-9-5-14(6-10-16)20(21,22)23;1-11(25-26-18(29)13-6-8-15(24)9-7-13)17-12(2)27-28(19(17)30)16-5-3-4-14(10-16)20(21,22)23;1-11(25-26-18(29)13-4-3-5-15(24)10-13)17-12(2)27-28(19(17)30)16-8-6-14(7-9-16)20(21,22)23;1-11-4-5-14(8-12(11)2)24-20(28)17(13(3)23-24)10-21-22-19(27)16-7-6-15(25)9-18(16)26/h4-9,27,29-30H,1-3H3,(H,26,31);3*3-10,27H,24H2,1-2H3,(H,26,29);4-10,23,25-26H,1-3H3,(H,22,27). The first kappa shape index (κ1) is 111. The van der Waals surface area contributed by atoms with Gasteiger partial charge in [0.15, 0.2) is 5.69 Å². The number of nitrogens with zero attached hydrogens (tertiary/aromatic N) is 10. The van der Waals surface area contributed by atoms with Gasteiger partial charge in [-0.25, -0.2) is 50.5 Å². The Bertz CT molecular complexity index is 8130. The fourth-order valence-electron chi connectivity index (χ4n) is 14.3. The second-order valence-electron chi connectivity index (χ2n) is 33.2. The number of nitrogen functional groups attached to an aromatic ring is 3. The lowest BCUT2D eigenvalue weighted by Crippen LogP contribution is -2.24. The van der Waals surface area contributed by atoms with Gasteiger partial charge in [-0.05, 0) is 287 Å². The van der Waals surface area contributed by atoms with E-state index in [-0.39, 0.29) is 90.5 Å². The van der Waals surface area contributed by atoms with Crippen LogP contribution in [0.3, 0.4) is 0 Å². The van der Waals surface area contributed by atoms with Crippen LogP contribution in [0.15, 0.2) is 268 Å². The van der Waals surface area contributed by atoms with E-state index in [2.05, 4.69) is 72.7 Å². The van der Waals surface area contributed by atoms with Gasteiger partial charge in [-0.1, -0.05) is 24.3 Å². The van der Waals surface area contributed by atoms with Gasteiger partial charge in [0.25, 0.3) is 57.3 Å². The summed E-state index contributed by atoms with van der Waals surface area (Å²) in [6, 6.07) is 48.6. The molecule has 0 saturated carbocycles. The summed E-state index contributed by atoms with van der Waals surface area (Å²) in [5, 5.41) is 70.8. The Morgan fingerprint density at radius 2 is 0.640 bits per heavy atom. The van der Waals surface area contributed by atoms with Gasteiger partial charge in [-0.15, -0.1) is 0 Å². The molecule has 0 spiro atoms. The molecule has 10 aromatic carbocycles. The molecular weight excluding hydrogens is 1990 g/mol. The summed E-state index contributed by atoms with van der Waals surface area (Å²) in [5.41, 5.74) is 31.0. The molecule has 5 aromatic heterocycles. The molecule has 15 aromatic rings. The van der Waals surface area contributed by atoms with Crippen molar-refractivity contribution in [1.82, 2.24) is 76.0 Å². The highest BCUT2D eigenvalue weighted by molar-refractivity contribution is 6.05. The summed E-state index contributed by atoms with van der Waals surface area (Å²) < 4.78 is 162. The highest BCUT2D eigenvalue weighted by Gasteiger charge is 2.40. The number of amides is 5. The number of carbonyl (C=O) groups is 5. The van der Waals surface area contributed by atoms with Crippen LogP contribution in [0, 0.1) is 55.4 Å². The van der Waals surface area contributed by atoms with E-state index in [9.17, 15) is 121 Å². The average Bonchev–Trinajstić information content (AvgIpc) is 1.62. The number of aromatic nitrogens is 10. The molecule has 0 aliphatic rings. The van der Waals surface area contributed by atoms with Crippen molar-refractivity contribution in [2.45, 2.75) is 108 Å². The first-order valence-electron chi connectivity index (χ1n) is 44.1. The van der Waals surface area contributed by atoms with Crippen LogP contribution in [0.2, 0.25) is 0 Å². The largest absolute Gasteiger partial charge is 0.508 e. The molecular formula is C101H93F12N23O14. The van der Waals surface area contributed by atoms with Gasteiger partial charge in [0.2, 0.25) is 0 Å². The number of anilines is 3. The highest BCUT2D eigenvalue weighted by Crippen LogP contribution is 2.35. The van der Waals surface area contributed by atoms with Crippen LogP contribution in [0.5, 0.6) is 23.0 Å². The smallest absolute Gasteiger partial charge is 0.433 e. The van der Waals surface area contributed by atoms with Crippen molar-refractivity contribution in [2.24, 2.45) is 25.5 Å². The molecule has 780 valence electrons. The van der Waals surface area contributed by atoms with Crippen LogP contribution in [-0.2, 0) is 24.7 Å². The second kappa shape index (κ2) is 46.2. The average molecular weight is 2080 g/mol. The van der Waals surface area contributed by atoms with Gasteiger partial charge in [-0.2, -0.15) is 78.2 Å². The number of aryl methyl sites for hydroxylation is 8. The van der Waals surface area contributed by atoms with E-state index in [0.717, 1.165) is 109 Å². The molecule has 0 aliphatic carbocycles. The minimum absolute atomic E-state index is 0.0304. The monoisotopic (exact) mass is 2080 g/mol. The maximum absolute atomic E-state index is 13.6. The number of phenolic OH excluding ortho intramolecular Hbond substituents is 4. The number of hydrogen-bond acceptors (Lipinski definition) is 22. The lowest BCUT2D eigenvalue weighted by molar-refractivity contribution is -0.141. The zero-order valence-electron chi connectivity index (χ0n) is 81.0. The lowest BCUT2D eigenvalue weighted by Gasteiger charge is -2.08. The number of aromatic hydroxyl groups is 4. The first-order valence-corrected chi connectivity index (χ1v) is 44.1. The summed E-state index contributed by atoms with van der Waals surface area (Å²) in [6.45, 7) is 19.8. The van der Waals surface area contributed by atoms with Crippen molar-refractivity contribution in [2.75, 3.05) is 17.2 Å². The van der Waals surface area contributed by atoms with Gasteiger partial charge in [0.05, 0.1) is 113 Å². The molecule has 0 saturated heterocycles. The Morgan fingerprint density at radius 3 is 1.02 bits per heavy atom. The third-order valence-corrected chi connectivity index (χ3v) is 22.4. The quantitative estimate of drug-likeness (QED) is 0.0146. The Labute approximate surface area is 840 Å². The zero-order valence-corrected chi connectivity index (χ0v) is 81.0. The Hall–Kier alpha value is -19.3. The van der Waals surface area contributed by atoms with E-state index in [0.29, 0.717) is 67.8 Å². The number of H-pyrrole nitrogens is 5. The fourth-order valence-corrected chi connectivity index (χ4v) is 14.3. The normalized spacial score (nSPS) is 11.9. The van der Waals surface area contributed by atoms with Gasteiger partial charge in [0.1, 0.15) is 23.0 Å². The van der Waals surface area contributed by atoms with Crippen LogP contribution < -0.4 is 72.1 Å². The van der Waals surface area contributed by atoms with Crippen molar-refractivity contribution in [3.05, 3.63) is 393 Å². The van der Waals surface area contributed by atoms with Crippen LogP contribution >= 0.6 is 0 Å². The number of carbonyl (C=O) groups excluding carboxylic acids is 5. The zero-order chi connectivity index (χ0) is 110. The van der Waals surface area contributed by atoms with Crippen molar-refractivity contribution in [3.63, 3.8) is 0 Å². The molecule has 0 atom stereocenters. The molecule has 5 amide bonds. The number of nitrogens with one attached hydrogen (secondary N) is 10. The lowest BCUT2D eigenvalue weighted by atomic mass is 10.1. The molecule has 37 nitrogen and oxygen atoms in total. The summed E-state index contributed by atoms with van der Waals surface area (Å²) in [6.07, 6.45) is -17.1. The third-order valence-electron chi connectivity index (χ3n) is 22.4. The van der Waals surface area contributed by atoms with Gasteiger partial charge < -0.3 is 37.6 Å². The Kier molecular flexibility index (Phi) is 34.2. The highest BCUT2D eigenvalue weighted by atomic mass is 19.4. The van der Waals surface area contributed by atoms with Crippen LogP contribution in [0.25, 0.3) is 28.4 Å². The van der Waals surface area contributed by atoms with E-state index in [4.69, 9.17) is 17.2 Å². The first-order chi connectivity index (χ1) is 70.4. The predicted octanol–water partition coefficient (Wildman–Crippen LogP) is 15.3. The topological polar surface area (TPSA) is 555 Å². The third kappa shape index (κ3) is 27.0. The number of alkyl halides is 12. The van der Waals surface area contributed by atoms with Gasteiger partial charge >= 0.3 is 24.7 Å². The molecule has 0 radical (unpaired) electrons. The summed E-state index contributed by atoms with van der Waals surface area (Å²) >= 11 is 0. The SMILES string of the molecule is CC(=NNC(=O)c1ccc(N)cc1)c1c(C)[nH]n(-c2ccc(C(F)(F)F)cc2)c1=O.CC(=NNC(=O)c1ccc(N)cc1)c1c(C)[nH]n(-c2cccc(C(F)(F)F)c2)c1=O.CC(=NNC(=O)c1ccc(O)cc1O)c1c(C(F)(F)F)[nH]n(-c2ccc(C)c(C)c2)c1=O.CC(=NNC(=O)c1cccc(N)c1)c1c(C)[nH]n(-c2ccc(C(F)(F)F)cc2)c1=O.Cc1ccc(-n2[nH]c(C)c(C=NNC(=O)c3ccc(O)cc3O)c2=O)cc1C. The predicted molar refractivity (Wildman–Crippen MR) is 536 cm³/mol. The summed E-state index contributed by atoms with van der Waals surface area (Å²) in [7, 11) is 0. The molecule has 15 rings (SSSR count). The Morgan fingerprint density at radius 1 is 0.307 bits per heavy atom. The number of benzene rings is 10. The molecule has 5 heterocycles. The number of hydrazone groups is 5. The fraction of sp³-hybridized carbons (Fsp3) is 0.158. The number of halogens is 12. The molecule has 49 heteroatoms. The maximum Gasteiger partial charge on any atom is 0.433 e. The van der Waals surface area contributed by atoms with Crippen molar-refractivity contribution < 1.29 is 97.1 Å². The summed E-state index contributed by atoms with van der Waals surface area (Å²) in [5.74, 6) is -4.46. The number of phenols is 4. The minimum Gasteiger partial charge on any atom is -0.508 e. The number of aromatic amines is 5. The van der Waals surface area contributed by atoms with Gasteiger partial charge in [0, 0.05) is 68.7 Å². The maximum atomic E-state index is 13.6. The number of nitrogens with two attached hydrogens (primary N) is 3. The summed E-state index contributed by atoms with van der Waals surface area (Å²) in [4.78, 5) is 125. The van der Waals surface area contributed by atoms with Crippen LogP contribution in [-0.4, -0.2) is 128 Å². The second-order valence-corrected chi connectivity index (χ2v) is 33.2. The molecule has 20 N–H and O–H groups in total. The number of hydrogen-bond donors (Lipinski definition) is 17.